The van der Waals surface area contributed by atoms with E-state index in [2.05, 4.69) is 0 Å². The Kier molecular flexibility index (Phi) is 5.07. The second kappa shape index (κ2) is 6.13. The number of halogens is 3. The van der Waals surface area contributed by atoms with Crippen LogP contribution >= 0.6 is 11.8 Å². The number of thioether (sulfide) groups is 1. The van der Waals surface area contributed by atoms with Gasteiger partial charge in [0.1, 0.15) is 5.25 Å². The van der Waals surface area contributed by atoms with Crippen molar-refractivity contribution in [3.63, 3.8) is 0 Å². The van der Waals surface area contributed by atoms with E-state index >= 15 is 0 Å². The highest BCUT2D eigenvalue weighted by Gasteiger charge is 2.38. The second-order valence-corrected chi connectivity index (χ2v) is 4.72. The number of benzene rings is 1. The Balaban J connectivity index is 3.05. The van der Waals surface area contributed by atoms with Crippen LogP contribution in [0.2, 0.25) is 0 Å². The summed E-state index contributed by atoms with van der Waals surface area (Å²) in [4.78, 5) is 11.6. The van der Waals surface area contributed by atoms with Gasteiger partial charge in [0.05, 0.1) is 6.61 Å². The van der Waals surface area contributed by atoms with Crippen LogP contribution in [0.3, 0.4) is 0 Å². The van der Waals surface area contributed by atoms with Gasteiger partial charge >= 0.3 is 11.5 Å². The van der Waals surface area contributed by atoms with E-state index < -0.39 is 16.7 Å². The molecule has 0 amide bonds. The van der Waals surface area contributed by atoms with Gasteiger partial charge in [-0.3, -0.25) is 4.79 Å². The minimum absolute atomic E-state index is 0.0552. The Morgan fingerprint density at radius 3 is 2.50 bits per heavy atom. The molecule has 1 aromatic rings. The van der Waals surface area contributed by atoms with Crippen molar-refractivity contribution < 1.29 is 22.7 Å². The van der Waals surface area contributed by atoms with Crippen LogP contribution in [0, 0.1) is 6.92 Å². The molecular weight excluding hydrogens is 265 g/mol. The molecule has 6 heteroatoms. The summed E-state index contributed by atoms with van der Waals surface area (Å²) < 4.78 is 42.1. The number of carbonyl (C=O) groups is 1. The molecule has 0 radical (unpaired) electrons. The fraction of sp³-hybridized carbons (Fsp3) is 0.417. The van der Waals surface area contributed by atoms with E-state index in [0.717, 1.165) is 0 Å². The maximum Gasteiger partial charge on any atom is 0.442 e. The predicted molar refractivity (Wildman–Crippen MR) is 64.2 cm³/mol. The number of ether oxygens (including phenoxy) is 1. The Morgan fingerprint density at radius 2 is 2.00 bits per heavy atom. The summed E-state index contributed by atoms with van der Waals surface area (Å²) in [6, 6.07) is 6.49. The molecule has 1 atom stereocenters. The number of rotatable bonds is 4. The summed E-state index contributed by atoms with van der Waals surface area (Å²) in [5.74, 6) is -0.867. The second-order valence-electron chi connectivity index (χ2n) is 3.55. The average Bonchev–Trinajstić information content (AvgIpc) is 2.26. The molecule has 0 aromatic heterocycles. The highest BCUT2D eigenvalue weighted by atomic mass is 32.2. The minimum atomic E-state index is -4.49. The minimum Gasteiger partial charge on any atom is -0.465 e. The fourth-order valence-electron chi connectivity index (χ4n) is 1.47. The third-order valence-electron chi connectivity index (χ3n) is 2.22. The third-order valence-corrected chi connectivity index (χ3v) is 3.17. The molecule has 0 heterocycles. The zero-order valence-electron chi connectivity index (χ0n) is 9.95. The van der Waals surface area contributed by atoms with Crippen LogP contribution in [0.5, 0.6) is 0 Å². The molecule has 0 unspecified atom stereocenters. The zero-order chi connectivity index (χ0) is 13.8. The molecule has 0 bridgehead atoms. The van der Waals surface area contributed by atoms with Crippen LogP contribution in [-0.2, 0) is 9.53 Å². The maximum absolute atomic E-state index is 12.5. The number of esters is 1. The number of hydrogen-bond acceptors (Lipinski definition) is 3. The molecule has 0 aliphatic carbocycles. The molecule has 0 aliphatic rings. The first kappa shape index (κ1) is 14.9. The Bertz CT molecular complexity index is 418. The lowest BCUT2D eigenvalue weighted by molar-refractivity contribution is -0.142. The molecule has 1 rings (SSSR count). The fourth-order valence-corrected chi connectivity index (χ4v) is 2.29. The van der Waals surface area contributed by atoms with Crippen molar-refractivity contribution >= 4 is 17.7 Å². The summed E-state index contributed by atoms with van der Waals surface area (Å²) in [6.07, 6.45) is 0. The lowest BCUT2D eigenvalue weighted by Gasteiger charge is -2.18. The van der Waals surface area contributed by atoms with Crippen LogP contribution in [0.4, 0.5) is 13.2 Å². The quantitative estimate of drug-likeness (QED) is 0.782. The first-order valence-corrected chi connectivity index (χ1v) is 6.20. The van der Waals surface area contributed by atoms with Gasteiger partial charge in [0.15, 0.2) is 0 Å². The highest BCUT2D eigenvalue weighted by molar-refractivity contribution is 8.01. The van der Waals surface area contributed by atoms with E-state index in [0.29, 0.717) is 11.1 Å². The molecule has 0 fully saturated rings. The third kappa shape index (κ3) is 4.25. The van der Waals surface area contributed by atoms with Crippen LogP contribution < -0.4 is 0 Å². The largest absolute Gasteiger partial charge is 0.465 e. The molecule has 1 aromatic carbocycles. The van der Waals surface area contributed by atoms with Crippen LogP contribution in [0.25, 0.3) is 0 Å². The first-order chi connectivity index (χ1) is 8.35. The Labute approximate surface area is 108 Å². The standard InChI is InChI=1S/C12H13F3O2S/c1-3-17-11(16)10(18-12(13,14)15)9-7-5-4-6-8(9)2/h4-7,10H,3H2,1-2H3/t10-/m0/s1. The van der Waals surface area contributed by atoms with Crippen molar-refractivity contribution in [2.75, 3.05) is 6.61 Å². The van der Waals surface area contributed by atoms with Crippen molar-refractivity contribution in [3.8, 4) is 0 Å². The van der Waals surface area contributed by atoms with Gasteiger partial charge in [-0.2, -0.15) is 13.2 Å². The van der Waals surface area contributed by atoms with Crippen molar-refractivity contribution in [1.82, 2.24) is 0 Å². The normalized spacial score (nSPS) is 13.2. The van der Waals surface area contributed by atoms with Gasteiger partial charge in [-0.25, -0.2) is 0 Å². The molecule has 0 N–H and O–H groups in total. The number of alkyl halides is 3. The monoisotopic (exact) mass is 278 g/mol. The number of aryl methyl sites for hydroxylation is 1. The molecule has 100 valence electrons. The predicted octanol–water partition coefficient (Wildman–Crippen LogP) is 3.85. The van der Waals surface area contributed by atoms with E-state index in [1.54, 1.807) is 32.0 Å². The zero-order valence-corrected chi connectivity index (χ0v) is 10.8. The SMILES string of the molecule is CCOC(=O)[C@@H](SC(F)(F)F)c1ccccc1C. The summed E-state index contributed by atoms with van der Waals surface area (Å²) in [7, 11) is 0. The number of carbonyl (C=O) groups excluding carboxylic acids is 1. The smallest absolute Gasteiger partial charge is 0.442 e. The summed E-state index contributed by atoms with van der Waals surface area (Å²) >= 11 is -0.357. The van der Waals surface area contributed by atoms with Gasteiger partial charge in [0.2, 0.25) is 0 Å². The van der Waals surface area contributed by atoms with E-state index in [9.17, 15) is 18.0 Å². The van der Waals surface area contributed by atoms with Crippen LogP contribution in [-0.4, -0.2) is 18.1 Å². The lowest BCUT2D eigenvalue weighted by Crippen LogP contribution is -2.18. The molecule has 0 aliphatic heterocycles. The van der Waals surface area contributed by atoms with Crippen LogP contribution in [0.1, 0.15) is 23.3 Å². The van der Waals surface area contributed by atoms with Gasteiger partial charge in [-0.15, -0.1) is 0 Å². The highest BCUT2D eigenvalue weighted by Crippen LogP contribution is 2.43. The van der Waals surface area contributed by atoms with Crippen molar-refractivity contribution in [3.05, 3.63) is 35.4 Å². The lowest BCUT2D eigenvalue weighted by atomic mass is 10.1. The average molecular weight is 278 g/mol. The Hall–Kier alpha value is -1.17. The molecule has 0 spiro atoms. The van der Waals surface area contributed by atoms with Gasteiger partial charge in [-0.1, -0.05) is 24.3 Å². The maximum atomic E-state index is 12.5. The first-order valence-electron chi connectivity index (χ1n) is 5.32. The van der Waals surface area contributed by atoms with E-state index in [1.807, 2.05) is 0 Å². The van der Waals surface area contributed by atoms with Crippen molar-refractivity contribution in [1.29, 1.82) is 0 Å². The van der Waals surface area contributed by atoms with Gasteiger partial charge in [0, 0.05) is 0 Å². The summed E-state index contributed by atoms with van der Waals surface area (Å²) in [5.41, 5.74) is -3.52. The molecular formula is C12H13F3O2S. The van der Waals surface area contributed by atoms with E-state index in [-0.39, 0.29) is 18.4 Å². The number of hydrogen-bond donors (Lipinski definition) is 0. The molecule has 0 saturated carbocycles. The van der Waals surface area contributed by atoms with E-state index in [1.165, 1.54) is 6.07 Å². The topological polar surface area (TPSA) is 26.3 Å². The van der Waals surface area contributed by atoms with Crippen molar-refractivity contribution in [2.24, 2.45) is 0 Å². The Morgan fingerprint density at radius 1 is 1.39 bits per heavy atom. The summed E-state index contributed by atoms with van der Waals surface area (Å²) in [5, 5.41) is -1.37. The molecule has 2 nitrogen and oxygen atoms in total. The molecule has 18 heavy (non-hydrogen) atoms. The van der Waals surface area contributed by atoms with Crippen LogP contribution in [0.15, 0.2) is 24.3 Å². The summed E-state index contributed by atoms with van der Waals surface area (Å²) in [6.45, 7) is 3.28. The van der Waals surface area contributed by atoms with Gasteiger partial charge < -0.3 is 4.74 Å². The molecule has 0 saturated heterocycles. The van der Waals surface area contributed by atoms with E-state index in [4.69, 9.17) is 4.74 Å². The van der Waals surface area contributed by atoms with Gasteiger partial charge in [0.25, 0.3) is 0 Å². The van der Waals surface area contributed by atoms with Gasteiger partial charge in [-0.05, 0) is 36.7 Å². The van der Waals surface area contributed by atoms with Crippen molar-refractivity contribution in [2.45, 2.75) is 24.6 Å².